The number of sulfonamides is 1. The molecule has 0 saturated carbocycles. The van der Waals surface area contributed by atoms with Crippen LogP contribution in [-0.4, -0.2) is 40.3 Å². The zero-order chi connectivity index (χ0) is 17.3. The minimum absolute atomic E-state index is 0.142. The molecular formula is C15H25FN4O2S. The molecule has 0 aliphatic carbocycles. The van der Waals surface area contributed by atoms with Gasteiger partial charge in [0.1, 0.15) is 5.82 Å². The lowest BCUT2D eigenvalue weighted by molar-refractivity contribution is 0.599. The van der Waals surface area contributed by atoms with Gasteiger partial charge in [0.25, 0.3) is 0 Å². The van der Waals surface area contributed by atoms with E-state index < -0.39 is 15.8 Å². The number of benzene rings is 1. The molecule has 0 fully saturated rings. The highest BCUT2D eigenvalue weighted by Crippen LogP contribution is 2.14. The lowest BCUT2D eigenvalue weighted by Crippen LogP contribution is -2.40. The number of rotatable bonds is 8. The summed E-state index contributed by atoms with van der Waals surface area (Å²) in [6.07, 6.45) is 2.08. The number of hydrogen-bond acceptors (Lipinski definition) is 3. The standard InChI is InChI=1S/C15H25FN4O2S/c1-4-5-8-18-15(17-3)19-9-10-23(21,22)20-13-7-6-12(2)14(16)11-13/h6-7,11,20H,4-5,8-10H2,1-3H3,(H2,17,18,19). The maximum atomic E-state index is 13.4. The third-order valence-corrected chi connectivity index (χ3v) is 4.44. The number of unbranched alkanes of at least 4 members (excludes halogenated alkanes) is 1. The molecule has 1 rings (SSSR count). The van der Waals surface area contributed by atoms with Gasteiger partial charge < -0.3 is 10.6 Å². The monoisotopic (exact) mass is 344 g/mol. The number of halogens is 1. The molecule has 0 amide bonds. The topological polar surface area (TPSA) is 82.6 Å². The number of hydrogen-bond donors (Lipinski definition) is 3. The highest BCUT2D eigenvalue weighted by molar-refractivity contribution is 7.92. The van der Waals surface area contributed by atoms with Crippen LogP contribution in [0.2, 0.25) is 0 Å². The predicted octanol–water partition coefficient (Wildman–Crippen LogP) is 1.84. The zero-order valence-electron chi connectivity index (χ0n) is 13.8. The van der Waals surface area contributed by atoms with Crippen LogP contribution in [0.1, 0.15) is 25.3 Å². The Balaban J connectivity index is 2.47. The fourth-order valence-electron chi connectivity index (χ4n) is 1.79. The Morgan fingerprint density at radius 1 is 1.26 bits per heavy atom. The molecule has 0 unspecified atom stereocenters. The van der Waals surface area contributed by atoms with Gasteiger partial charge in [-0.15, -0.1) is 0 Å². The smallest absolute Gasteiger partial charge is 0.234 e. The largest absolute Gasteiger partial charge is 0.356 e. The van der Waals surface area contributed by atoms with Crippen molar-refractivity contribution >= 4 is 21.7 Å². The Hall–Kier alpha value is -1.83. The van der Waals surface area contributed by atoms with Crippen molar-refractivity contribution < 1.29 is 12.8 Å². The number of nitrogens with zero attached hydrogens (tertiary/aromatic N) is 1. The van der Waals surface area contributed by atoms with Gasteiger partial charge >= 0.3 is 0 Å². The lowest BCUT2D eigenvalue weighted by Gasteiger charge is -2.12. The second kappa shape index (κ2) is 9.34. The Bertz CT molecular complexity index is 632. The van der Waals surface area contributed by atoms with E-state index in [1.54, 1.807) is 14.0 Å². The summed E-state index contributed by atoms with van der Waals surface area (Å²) in [5, 5.41) is 6.03. The molecule has 0 saturated heterocycles. The number of aryl methyl sites for hydroxylation is 1. The van der Waals surface area contributed by atoms with Gasteiger partial charge in [-0.1, -0.05) is 19.4 Å². The van der Waals surface area contributed by atoms with E-state index >= 15 is 0 Å². The normalized spacial score (nSPS) is 12.1. The van der Waals surface area contributed by atoms with Crippen LogP contribution < -0.4 is 15.4 Å². The first kappa shape index (κ1) is 19.2. The minimum atomic E-state index is -3.56. The van der Waals surface area contributed by atoms with Gasteiger partial charge in [0.05, 0.1) is 11.4 Å². The van der Waals surface area contributed by atoms with Crippen LogP contribution >= 0.6 is 0 Å². The first-order valence-corrected chi connectivity index (χ1v) is 9.24. The molecule has 6 nitrogen and oxygen atoms in total. The highest BCUT2D eigenvalue weighted by atomic mass is 32.2. The summed E-state index contributed by atoms with van der Waals surface area (Å²) < 4.78 is 39.8. The Morgan fingerprint density at radius 3 is 2.57 bits per heavy atom. The second-order valence-corrected chi connectivity index (χ2v) is 7.01. The first-order chi connectivity index (χ1) is 10.9. The van der Waals surface area contributed by atoms with Crippen molar-refractivity contribution in [3.63, 3.8) is 0 Å². The van der Waals surface area contributed by atoms with Gasteiger partial charge in [0.2, 0.25) is 10.0 Å². The fraction of sp³-hybridized carbons (Fsp3) is 0.533. The molecule has 0 radical (unpaired) electrons. The van der Waals surface area contributed by atoms with E-state index in [-0.39, 0.29) is 18.0 Å². The van der Waals surface area contributed by atoms with Crippen LogP contribution in [0.15, 0.2) is 23.2 Å². The second-order valence-electron chi connectivity index (χ2n) is 5.16. The van der Waals surface area contributed by atoms with E-state index in [4.69, 9.17) is 0 Å². The molecule has 0 aliphatic heterocycles. The molecular weight excluding hydrogens is 319 g/mol. The van der Waals surface area contributed by atoms with Crippen LogP contribution in [-0.2, 0) is 10.0 Å². The molecule has 1 aromatic rings. The van der Waals surface area contributed by atoms with Crippen LogP contribution in [0.5, 0.6) is 0 Å². The number of nitrogens with one attached hydrogen (secondary N) is 3. The molecule has 8 heteroatoms. The van der Waals surface area contributed by atoms with Gasteiger partial charge in [0.15, 0.2) is 5.96 Å². The van der Waals surface area contributed by atoms with Crippen molar-refractivity contribution in [3.05, 3.63) is 29.6 Å². The predicted molar refractivity (Wildman–Crippen MR) is 92.8 cm³/mol. The summed E-state index contributed by atoms with van der Waals surface area (Å²) in [6, 6.07) is 4.24. The lowest BCUT2D eigenvalue weighted by atomic mass is 10.2. The third kappa shape index (κ3) is 7.32. The number of anilines is 1. The first-order valence-electron chi connectivity index (χ1n) is 7.59. The van der Waals surface area contributed by atoms with Crippen molar-refractivity contribution in [2.75, 3.05) is 30.6 Å². The molecule has 130 valence electrons. The molecule has 1 aromatic carbocycles. The van der Waals surface area contributed by atoms with Crippen LogP contribution in [0, 0.1) is 12.7 Å². The van der Waals surface area contributed by atoms with E-state index in [1.807, 2.05) is 0 Å². The third-order valence-electron chi connectivity index (χ3n) is 3.15. The van der Waals surface area contributed by atoms with Gasteiger partial charge in [-0.2, -0.15) is 0 Å². The summed E-state index contributed by atoms with van der Waals surface area (Å²) in [5.74, 6) is -0.0179. The molecule has 23 heavy (non-hydrogen) atoms. The van der Waals surface area contributed by atoms with Crippen LogP contribution in [0.25, 0.3) is 0 Å². The molecule has 0 bridgehead atoms. The molecule has 0 atom stereocenters. The summed E-state index contributed by atoms with van der Waals surface area (Å²) in [6.45, 7) is 4.69. The summed E-state index contributed by atoms with van der Waals surface area (Å²) in [7, 11) is -1.93. The Labute approximate surface area is 137 Å². The number of aliphatic imine (C=N–C) groups is 1. The van der Waals surface area contributed by atoms with E-state index in [0.29, 0.717) is 11.5 Å². The fourth-order valence-corrected chi connectivity index (χ4v) is 2.75. The highest BCUT2D eigenvalue weighted by Gasteiger charge is 2.11. The van der Waals surface area contributed by atoms with Crippen molar-refractivity contribution in [1.29, 1.82) is 0 Å². The maximum absolute atomic E-state index is 13.4. The quantitative estimate of drug-likeness (QED) is 0.382. The van der Waals surface area contributed by atoms with E-state index in [9.17, 15) is 12.8 Å². The Morgan fingerprint density at radius 2 is 1.96 bits per heavy atom. The average Bonchev–Trinajstić information content (AvgIpc) is 2.49. The van der Waals surface area contributed by atoms with Gasteiger partial charge in [-0.05, 0) is 31.0 Å². The molecule has 0 aliphatic rings. The SMILES string of the molecule is CCCCNC(=NC)NCCS(=O)(=O)Nc1ccc(C)c(F)c1. The van der Waals surface area contributed by atoms with E-state index in [2.05, 4.69) is 27.3 Å². The Kier molecular flexibility index (Phi) is 7.80. The van der Waals surface area contributed by atoms with Gasteiger partial charge in [-0.25, -0.2) is 12.8 Å². The molecule has 3 N–H and O–H groups in total. The molecule has 0 aromatic heterocycles. The maximum Gasteiger partial charge on any atom is 0.234 e. The number of guanidine groups is 1. The minimum Gasteiger partial charge on any atom is -0.356 e. The van der Waals surface area contributed by atoms with Crippen molar-refractivity contribution in [1.82, 2.24) is 10.6 Å². The molecule has 0 heterocycles. The summed E-state index contributed by atoms with van der Waals surface area (Å²) in [5.41, 5.74) is 0.690. The van der Waals surface area contributed by atoms with Crippen molar-refractivity contribution in [2.45, 2.75) is 26.7 Å². The van der Waals surface area contributed by atoms with E-state index in [1.165, 1.54) is 18.2 Å². The van der Waals surface area contributed by atoms with Crippen LogP contribution in [0.3, 0.4) is 0 Å². The van der Waals surface area contributed by atoms with E-state index in [0.717, 1.165) is 19.4 Å². The average molecular weight is 344 g/mol. The zero-order valence-corrected chi connectivity index (χ0v) is 14.6. The van der Waals surface area contributed by atoms with Gasteiger partial charge in [-0.3, -0.25) is 9.71 Å². The van der Waals surface area contributed by atoms with Crippen molar-refractivity contribution in [2.24, 2.45) is 4.99 Å². The molecule has 0 spiro atoms. The summed E-state index contributed by atoms with van der Waals surface area (Å²) in [4.78, 5) is 4.01. The van der Waals surface area contributed by atoms with Crippen LogP contribution in [0.4, 0.5) is 10.1 Å². The van der Waals surface area contributed by atoms with Crippen molar-refractivity contribution in [3.8, 4) is 0 Å². The summed E-state index contributed by atoms with van der Waals surface area (Å²) >= 11 is 0. The van der Waals surface area contributed by atoms with Gasteiger partial charge in [0, 0.05) is 20.1 Å².